The summed E-state index contributed by atoms with van der Waals surface area (Å²) in [6, 6.07) is 4.72. The Morgan fingerprint density at radius 3 is 2.34 bits per heavy atom. The van der Waals surface area contributed by atoms with Crippen molar-refractivity contribution < 1.29 is 22.4 Å². The van der Waals surface area contributed by atoms with Gasteiger partial charge in [0.2, 0.25) is 10.0 Å². The molecule has 1 amide bonds. The van der Waals surface area contributed by atoms with E-state index in [0.29, 0.717) is 49.3 Å². The van der Waals surface area contributed by atoms with E-state index in [1.807, 2.05) is 30.4 Å². The van der Waals surface area contributed by atoms with E-state index in [4.69, 9.17) is 9.15 Å². The number of methoxy groups -OCH3 is 1. The average Bonchev–Trinajstić information content (AvgIpc) is 2.97. The number of nitrogens with zero attached hydrogens (tertiary/aromatic N) is 4. The number of rotatable bonds is 7. The summed E-state index contributed by atoms with van der Waals surface area (Å²) in [4.78, 5) is 33.5. The Labute approximate surface area is 241 Å². The molecule has 1 aromatic carbocycles. The topological polar surface area (TPSA) is 116 Å². The van der Waals surface area contributed by atoms with Gasteiger partial charge in [-0.2, -0.15) is 4.31 Å². The van der Waals surface area contributed by atoms with Gasteiger partial charge in [0.15, 0.2) is 16.8 Å². The minimum atomic E-state index is -3.37. The predicted octanol–water partition coefficient (Wildman–Crippen LogP) is 1.85. The van der Waals surface area contributed by atoms with E-state index in [1.165, 1.54) is 10.4 Å². The number of ether oxygens (including phenoxy) is 1. The van der Waals surface area contributed by atoms with Crippen LogP contribution in [0.3, 0.4) is 0 Å². The van der Waals surface area contributed by atoms with Crippen LogP contribution < -0.4 is 20.4 Å². The van der Waals surface area contributed by atoms with Gasteiger partial charge in [-0.1, -0.05) is 18.2 Å². The lowest BCUT2D eigenvalue weighted by atomic mass is 9.97. The van der Waals surface area contributed by atoms with Crippen molar-refractivity contribution in [2.45, 2.75) is 31.2 Å². The number of allylic oxidation sites excluding steroid dienone is 2. The minimum absolute atomic E-state index is 0.0774. The normalized spacial score (nSPS) is 22.9. The second-order valence-electron chi connectivity index (χ2n) is 11.1. The molecule has 12 heteroatoms. The number of likely N-dealkylation sites (N-methyl/N-ethyl adjacent to an activating group) is 1. The highest BCUT2D eigenvalue weighted by Gasteiger charge is 2.40. The smallest absolute Gasteiger partial charge is 0.288 e. The van der Waals surface area contributed by atoms with Crippen LogP contribution in [0.25, 0.3) is 11.0 Å². The van der Waals surface area contributed by atoms with Gasteiger partial charge in [0.05, 0.1) is 23.4 Å². The van der Waals surface area contributed by atoms with Crippen molar-refractivity contribution in [3.63, 3.8) is 0 Å². The summed E-state index contributed by atoms with van der Waals surface area (Å²) >= 11 is 0. The number of sulfonamides is 1. The van der Waals surface area contributed by atoms with E-state index < -0.39 is 26.8 Å². The van der Waals surface area contributed by atoms with E-state index in [2.05, 4.69) is 27.1 Å². The number of amides is 1. The van der Waals surface area contributed by atoms with Gasteiger partial charge in [-0.15, -0.1) is 0 Å². The highest BCUT2D eigenvalue weighted by atomic mass is 32.2. The summed E-state index contributed by atoms with van der Waals surface area (Å²) in [5, 5.41) is 2.98. The van der Waals surface area contributed by atoms with Crippen LogP contribution in [0, 0.1) is 0 Å². The molecule has 2 aliphatic heterocycles. The summed E-state index contributed by atoms with van der Waals surface area (Å²) in [5.74, 6) is -0.0413. The van der Waals surface area contributed by atoms with Gasteiger partial charge in [0.25, 0.3) is 5.91 Å². The maximum Gasteiger partial charge on any atom is 0.288 e. The van der Waals surface area contributed by atoms with E-state index >= 15 is 0 Å². The molecule has 3 heterocycles. The quantitative estimate of drug-likeness (QED) is 0.520. The summed E-state index contributed by atoms with van der Waals surface area (Å²) in [5.41, 5.74) is -0.135. The molecule has 41 heavy (non-hydrogen) atoms. The number of piperazine rings is 2. The van der Waals surface area contributed by atoms with Crippen molar-refractivity contribution in [3.05, 3.63) is 58.5 Å². The lowest BCUT2D eigenvalue weighted by molar-refractivity contribution is 0.0502. The summed E-state index contributed by atoms with van der Waals surface area (Å²) in [6.07, 6.45) is 8.15. The van der Waals surface area contributed by atoms with Crippen molar-refractivity contribution >= 4 is 32.6 Å². The third kappa shape index (κ3) is 5.78. The molecule has 11 nitrogen and oxygen atoms in total. The van der Waals surface area contributed by atoms with Gasteiger partial charge in [0.1, 0.15) is 11.4 Å². The number of nitrogens with one attached hydrogen (secondary N) is 1. The average molecular weight is 586 g/mol. The van der Waals surface area contributed by atoms with Crippen LogP contribution >= 0.6 is 0 Å². The molecule has 2 fully saturated rings. The van der Waals surface area contributed by atoms with Crippen molar-refractivity contribution in [3.8, 4) is 5.75 Å². The third-order valence-electron chi connectivity index (χ3n) is 8.22. The molecule has 0 bridgehead atoms. The van der Waals surface area contributed by atoms with E-state index in [-0.39, 0.29) is 11.2 Å². The fraction of sp³-hybridized carbons (Fsp3) is 0.517. The third-order valence-corrected chi connectivity index (χ3v) is 10.5. The summed E-state index contributed by atoms with van der Waals surface area (Å²) < 4.78 is 38.6. The summed E-state index contributed by atoms with van der Waals surface area (Å²) in [7, 11) is 0.259. The number of hydrogen-bond donors (Lipinski definition) is 1. The lowest BCUT2D eigenvalue weighted by Crippen LogP contribution is -2.64. The van der Waals surface area contributed by atoms with Gasteiger partial charge >= 0.3 is 0 Å². The van der Waals surface area contributed by atoms with E-state index in [0.717, 1.165) is 31.9 Å². The molecular weight excluding hydrogens is 546 g/mol. The maximum absolute atomic E-state index is 13.7. The van der Waals surface area contributed by atoms with Crippen LogP contribution in [-0.4, -0.2) is 106 Å². The number of anilines is 1. The van der Waals surface area contributed by atoms with Crippen LogP contribution in [0.1, 0.15) is 30.8 Å². The number of carbonyl (C=O) groups excluding carboxylic acids is 1. The van der Waals surface area contributed by atoms with Crippen LogP contribution in [0.5, 0.6) is 5.75 Å². The molecule has 0 radical (unpaired) electrons. The molecule has 222 valence electrons. The highest BCUT2D eigenvalue weighted by Crippen LogP contribution is 2.32. The molecule has 2 saturated heterocycles. The van der Waals surface area contributed by atoms with Gasteiger partial charge in [0, 0.05) is 70.9 Å². The second-order valence-corrected chi connectivity index (χ2v) is 13.6. The van der Waals surface area contributed by atoms with Gasteiger partial charge < -0.3 is 24.3 Å². The van der Waals surface area contributed by atoms with E-state index in [9.17, 15) is 18.0 Å². The first-order chi connectivity index (χ1) is 19.5. The first-order valence-corrected chi connectivity index (χ1v) is 15.5. The zero-order valence-corrected chi connectivity index (χ0v) is 24.9. The Balaban J connectivity index is 1.45. The SMILES string of the molecule is COc1cc(N2CCN(C)CC2)c2oc(C(=O)NC3(N4CCN(S(=O)(=O)C(C)C)CC4)C=CC=CC3)cc(=O)c2c1. The number of carbonyl (C=O) groups is 1. The molecule has 1 unspecified atom stereocenters. The second kappa shape index (κ2) is 11.6. The fourth-order valence-electron chi connectivity index (χ4n) is 5.64. The Kier molecular flexibility index (Phi) is 8.29. The largest absolute Gasteiger partial charge is 0.497 e. The zero-order chi connectivity index (χ0) is 29.4. The fourth-order valence-corrected chi connectivity index (χ4v) is 6.91. The van der Waals surface area contributed by atoms with Crippen molar-refractivity contribution in [1.82, 2.24) is 19.4 Å². The van der Waals surface area contributed by atoms with E-state index in [1.54, 1.807) is 27.0 Å². The zero-order valence-electron chi connectivity index (χ0n) is 24.1. The highest BCUT2D eigenvalue weighted by molar-refractivity contribution is 7.89. The predicted molar refractivity (Wildman–Crippen MR) is 159 cm³/mol. The number of fused-ring (bicyclic) bond motifs is 1. The molecule has 0 spiro atoms. The van der Waals surface area contributed by atoms with Crippen LogP contribution in [-0.2, 0) is 10.0 Å². The molecule has 1 atom stereocenters. The van der Waals surface area contributed by atoms with Crippen LogP contribution in [0.4, 0.5) is 5.69 Å². The van der Waals surface area contributed by atoms with Crippen molar-refractivity contribution in [1.29, 1.82) is 0 Å². The van der Waals surface area contributed by atoms with Gasteiger partial charge in [-0.3, -0.25) is 14.5 Å². The lowest BCUT2D eigenvalue weighted by Gasteiger charge is -2.46. The first kappa shape index (κ1) is 29.3. The Morgan fingerprint density at radius 2 is 1.73 bits per heavy atom. The molecule has 2 aromatic rings. The van der Waals surface area contributed by atoms with Crippen molar-refractivity contribution in [2.24, 2.45) is 0 Å². The van der Waals surface area contributed by atoms with Gasteiger partial charge in [-0.05, 0) is 33.0 Å². The Morgan fingerprint density at radius 1 is 1.02 bits per heavy atom. The Bertz CT molecular complexity index is 1520. The molecule has 0 saturated carbocycles. The number of hydrogen-bond acceptors (Lipinski definition) is 9. The standard InChI is InChI=1S/C29H39N5O6S/c1-21(2)41(37,38)34-16-14-33(15-17-34)29(8-6-5-7-9-29)30-28(36)26-20-25(35)23-18-22(39-4)19-24(27(23)40-26)32-12-10-31(3)11-13-32/h5-8,18-21H,9-17H2,1-4H3,(H,30,36). The minimum Gasteiger partial charge on any atom is -0.497 e. The monoisotopic (exact) mass is 585 g/mol. The molecular formula is C29H39N5O6S. The van der Waals surface area contributed by atoms with Crippen molar-refractivity contribution in [2.75, 3.05) is 71.4 Å². The van der Waals surface area contributed by atoms with Crippen LogP contribution in [0.15, 0.2) is 51.7 Å². The molecule has 5 rings (SSSR count). The molecule has 3 aliphatic rings. The number of benzene rings is 1. The van der Waals surface area contributed by atoms with Crippen LogP contribution in [0.2, 0.25) is 0 Å². The Hall–Kier alpha value is -3.19. The molecule has 1 aliphatic carbocycles. The van der Waals surface area contributed by atoms with Gasteiger partial charge in [-0.25, -0.2) is 8.42 Å². The maximum atomic E-state index is 13.7. The molecule has 1 N–H and O–H groups in total. The molecule has 1 aromatic heterocycles. The first-order valence-electron chi connectivity index (χ1n) is 14.0. The summed E-state index contributed by atoms with van der Waals surface area (Å²) in [6.45, 7) is 8.12.